The summed E-state index contributed by atoms with van der Waals surface area (Å²) >= 11 is 0. The minimum atomic E-state index is -3.09. The maximum atomic E-state index is 15.9. The molecule has 1 N–H and O–H groups in total. The van der Waals surface area contributed by atoms with E-state index < -0.39 is 21.7 Å². The van der Waals surface area contributed by atoms with Gasteiger partial charge in [0.15, 0.2) is 0 Å². The second-order valence-corrected chi connectivity index (χ2v) is 15.7. The van der Waals surface area contributed by atoms with Gasteiger partial charge in [-0.1, -0.05) is 37.5 Å². The number of hydrogen-bond acceptors (Lipinski definition) is 7. The molecule has 1 atom stereocenters. The van der Waals surface area contributed by atoms with Gasteiger partial charge in [-0.25, -0.2) is 32.0 Å². The molecule has 9 nitrogen and oxygen atoms in total. The number of alkyl halides is 2. The average Bonchev–Trinajstić information content (AvgIpc) is 3.01. The van der Waals surface area contributed by atoms with Gasteiger partial charge >= 0.3 is 6.03 Å². The molecular formula is C33H46F2N6O3S. The van der Waals surface area contributed by atoms with Gasteiger partial charge in [0.1, 0.15) is 27.3 Å². The predicted molar refractivity (Wildman–Crippen MR) is 171 cm³/mol. The molecule has 2 fully saturated rings. The first-order chi connectivity index (χ1) is 21.5. The summed E-state index contributed by atoms with van der Waals surface area (Å²) in [4.78, 5) is 29.4. The van der Waals surface area contributed by atoms with Crippen molar-refractivity contribution in [1.82, 2.24) is 19.8 Å². The number of nitrogens with one attached hydrogen (secondary N) is 1. The Hall–Kier alpha value is -2.86. The number of anilines is 2. The zero-order valence-electron chi connectivity index (χ0n) is 26.5. The van der Waals surface area contributed by atoms with Crippen molar-refractivity contribution in [1.29, 1.82) is 0 Å². The van der Waals surface area contributed by atoms with Crippen molar-refractivity contribution >= 4 is 27.5 Å². The highest BCUT2D eigenvalue weighted by Crippen LogP contribution is 2.43. The lowest BCUT2D eigenvalue weighted by molar-refractivity contribution is -0.0855. The minimum absolute atomic E-state index is 0.0501. The Bertz CT molecular complexity index is 1480. The first kappa shape index (κ1) is 32.1. The number of aryl methyl sites for hydroxylation is 1. The third kappa shape index (κ3) is 6.96. The van der Waals surface area contributed by atoms with Gasteiger partial charge in [0.05, 0.1) is 23.6 Å². The predicted octanol–water partition coefficient (Wildman–Crippen LogP) is 6.05. The second kappa shape index (κ2) is 13.1. The van der Waals surface area contributed by atoms with Crippen LogP contribution in [0.15, 0.2) is 24.3 Å². The van der Waals surface area contributed by atoms with Crippen LogP contribution in [-0.4, -0.2) is 77.9 Å². The van der Waals surface area contributed by atoms with Gasteiger partial charge in [0, 0.05) is 30.1 Å². The molecule has 0 aliphatic carbocycles. The molecule has 7 rings (SSSR count). The summed E-state index contributed by atoms with van der Waals surface area (Å²) in [6.07, 6.45) is 6.72. The molecule has 0 spiro atoms. The summed E-state index contributed by atoms with van der Waals surface area (Å²) in [6, 6.07) is 6.07. The van der Waals surface area contributed by atoms with E-state index in [4.69, 9.17) is 9.97 Å². The average molecular weight is 645 g/mol. The third-order valence-corrected chi connectivity index (χ3v) is 11.9. The molecule has 0 unspecified atom stereocenters. The van der Waals surface area contributed by atoms with Crippen molar-refractivity contribution in [2.45, 2.75) is 96.2 Å². The number of piperidine rings is 1. The van der Waals surface area contributed by atoms with Crippen LogP contribution >= 0.6 is 0 Å². The Morgan fingerprint density at radius 1 is 0.933 bits per heavy atom. The number of fused-ring (bicyclic) bond motifs is 9. The van der Waals surface area contributed by atoms with E-state index in [2.05, 4.69) is 10.2 Å². The van der Waals surface area contributed by atoms with Crippen LogP contribution in [0.4, 0.5) is 25.2 Å². The van der Waals surface area contributed by atoms with Crippen molar-refractivity contribution in [3.05, 3.63) is 46.8 Å². The maximum absolute atomic E-state index is 15.9. The molecule has 2 aromatic rings. The van der Waals surface area contributed by atoms with Crippen LogP contribution in [0.5, 0.6) is 0 Å². The molecule has 1 aromatic heterocycles. The van der Waals surface area contributed by atoms with Gasteiger partial charge < -0.3 is 15.1 Å². The van der Waals surface area contributed by atoms with E-state index in [1.165, 1.54) is 0 Å². The van der Waals surface area contributed by atoms with Crippen LogP contribution in [0.3, 0.4) is 0 Å². The number of rotatable bonds is 1. The topological polar surface area (TPSA) is 98.7 Å². The highest BCUT2D eigenvalue weighted by atomic mass is 32.2. The summed E-state index contributed by atoms with van der Waals surface area (Å²) in [7, 11) is -3.09. The normalized spacial score (nSPS) is 27.8. The van der Waals surface area contributed by atoms with E-state index >= 15 is 8.78 Å². The van der Waals surface area contributed by atoms with Crippen LogP contribution < -0.4 is 10.2 Å². The van der Waals surface area contributed by atoms with Crippen molar-refractivity contribution in [2.75, 3.05) is 47.9 Å². The molecule has 8 bridgehead atoms. The van der Waals surface area contributed by atoms with Crippen molar-refractivity contribution in [3.63, 3.8) is 0 Å². The lowest BCUT2D eigenvalue weighted by Gasteiger charge is -2.42. The summed E-state index contributed by atoms with van der Waals surface area (Å²) in [6.45, 7) is 6.85. The summed E-state index contributed by atoms with van der Waals surface area (Å²) in [5, 5.41) is 3.48. The standard InChI is InChI=1S/C33H46F2N6O3S/c1-23-25-9-8-10-27(21-25)33(34,35)26-11-17-39(18-12-26)15-6-4-3-5-7-16-40-31-29(30(36-23)37-24(2)38-31)22-41(32(40)42)28-13-19-45(43,44)20-14-28/h8-10,21,23,26,28H,3-7,11-20,22H2,1-2H3,(H,36,37,38)/t23-/m1/s1. The van der Waals surface area contributed by atoms with E-state index in [1.54, 1.807) is 34.9 Å². The Labute approximate surface area is 265 Å². The Kier molecular flexibility index (Phi) is 9.34. The van der Waals surface area contributed by atoms with E-state index in [0.29, 0.717) is 62.8 Å². The zero-order chi connectivity index (χ0) is 31.8. The van der Waals surface area contributed by atoms with Gasteiger partial charge in [0.2, 0.25) is 0 Å². The fourth-order valence-corrected chi connectivity index (χ4v) is 8.89. The fraction of sp³-hybridized carbons (Fsp3) is 0.667. The Balaban J connectivity index is 1.34. The smallest absolute Gasteiger partial charge is 0.326 e. The molecule has 12 heteroatoms. The summed E-state index contributed by atoms with van der Waals surface area (Å²) < 4.78 is 56.2. The SMILES string of the molecule is Cc1nc2c3c(n1)N(CCCCCCCN1CCC(CC1)C(F)(F)c1cccc(c1)[C@@H](C)N2)C(=O)N(C1CCS(=O)(=O)CC1)C3. The number of sulfone groups is 1. The Morgan fingerprint density at radius 2 is 1.62 bits per heavy atom. The minimum Gasteiger partial charge on any atom is -0.363 e. The first-order valence-electron chi connectivity index (χ1n) is 16.6. The van der Waals surface area contributed by atoms with Gasteiger partial charge in [-0.3, -0.25) is 4.90 Å². The van der Waals surface area contributed by atoms with Crippen LogP contribution in [0.2, 0.25) is 0 Å². The van der Waals surface area contributed by atoms with Crippen LogP contribution in [0, 0.1) is 12.8 Å². The van der Waals surface area contributed by atoms with Crippen LogP contribution in [0.1, 0.15) is 93.3 Å². The number of amides is 2. The quantitative estimate of drug-likeness (QED) is 0.404. The van der Waals surface area contributed by atoms with Crippen LogP contribution in [0.25, 0.3) is 0 Å². The highest BCUT2D eigenvalue weighted by molar-refractivity contribution is 7.91. The molecule has 6 heterocycles. The third-order valence-electron chi connectivity index (χ3n) is 10.2. The molecule has 0 saturated carbocycles. The zero-order valence-corrected chi connectivity index (χ0v) is 27.3. The number of aromatic nitrogens is 2. The highest BCUT2D eigenvalue weighted by Gasteiger charge is 2.43. The van der Waals surface area contributed by atoms with Crippen molar-refractivity contribution in [2.24, 2.45) is 5.92 Å². The van der Waals surface area contributed by atoms with E-state index in [1.807, 2.05) is 13.0 Å². The second-order valence-electron chi connectivity index (χ2n) is 13.4. The molecule has 5 aliphatic rings. The first-order valence-corrected chi connectivity index (χ1v) is 18.5. The maximum Gasteiger partial charge on any atom is 0.326 e. The number of hydrogen-bond donors (Lipinski definition) is 1. The molecule has 0 radical (unpaired) electrons. The summed E-state index contributed by atoms with van der Waals surface area (Å²) in [5.41, 5.74) is 1.56. The van der Waals surface area contributed by atoms with Crippen molar-refractivity contribution in [3.8, 4) is 0 Å². The molecule has 2 amide bonds. The number of carbonyl (C=O) groups excluding carboxylic acids is 1. The number of carbonyl (C=O) groups is 1. The number of nitrogens with zero attached hydrogens (tertiary/aromatic N) is 5. The van der Waals surface area contributed by atoms with Crippen LogP contribution in [-0.2, 0) is 22.3 Å². The van der Waals surface area contributed by atoms with E-state index in [0.717, 1.165) is 49.8 Å². The molecular weight excluding hydrogens is 598 g/mol. The number of urea groups is 1. The molecule has 1 aromatic carbocycles. The molecule has 2 saturated heterocycles. The molecule has 45 heavy (non-hydrogen) atoms. The van der Waals surface area contributed by atoms with E-state index in [9.17, 15) is 13.2 Å². The van der Waals surface area contributed by atoms with Gasteiger partial charge in [-0.15, -0.1) is 0 Å². The van der Waals surface area contributed by atoms with E-state index in [-0.39, 0.29) is 41.7 Å². The van der Waals surface area contributed by atoms with Crippen molar-refractivity contribution < 1.29 is 22.0 Å². The fourth-order valence-electron chi connectivity index (χ4n) is 7.42. The Morgan fingerprint density at radius 3 is 2.36 bits per heavy atom. The largest absolute Gasteiger partial charge is 0.363 e. The lowest BCUT2D eigenvalue weighted by atomic mass is 9.85. The number of benzene rings is 1. The summed E-state index contributed by atoms with van der Waals surface area (Å²) in [5.74, 6) is -1.78. The monoisotopic (exact) mass is 644 g/mol. The van der Waals surface area contributed by atoms with Gasteiger partial charge in [0.25, 0.3) is 5.92 Å². The van der Waals surface area contributed by atoms with Gasteiger partial charge in [-0.05, 0) is 83.6 Å². The number of halogens is 2. The molecule has 5 aliphatic heterocycles. The van der Waals surface area contributed by atoms with Gasteiger partial charge in [-0.2, -0.15) is 0 Å². The molecule has 246 valence electrons. The lowest BCUT2D eigenvalue weighted by Crippen LogP contribution is -2.54.